The maximum atomic E-state index is 14.1. The molecule has 3 amide bonds. The molecule has 0 bridgehead atoms. The summed E-state index contributed by atoms with van der Waals surface area (Å²) in [7, 11) is 0. The van der Waals surface area contributed by atoms with Gasteiger partial charge in [-0.15, -0.1) is 11.3 Å². The summed E-state index contributed by atoms with van der Waals surface area (Å²) in [6, 6.07) is 8.34. The first-order valence-corrected chi connectivity index (χ1v) is 13.0. The minimum absolute atomic E-state index is 0.0157. The van der Waals surface area contributed by atoms with E-state index in [1.54, 1.807) is 19.1 Å². The molecule has 0 unspecified atom stereocenters. The number of thiophene rings is 1. The van der Waals surface area contributed by atoms with Gasteiger partial charge in [0.2, 0.25) is 0 Å². The average Bonchev–Trinajstić information content (AvgIpc) is 3.39. The Kier molecular flexibility index (Phi) is 8.05. The summed E-state index contributed by atoms with van der Waals surface area (Å²) in [5, 5.41) is 4.74. The van der Waals surface area contributed by atoms with Crippen molar-refractivity contribution in [1.29, 1.82) is 0 Å². The van der Waals surface area contributed by atoms with E-state index in [4.69, 9.17) is 4.74 Å². The Hall–Kier alpha value is -3.24. The molecule has 1 fully saturated rings. The number of hydrogen-bond donors (Lipinski definition) is 1. The van der Waals surface area contributed by atoms with Crippen molar-refractivity contribution in [2.45, 2.75) is 32.9 Å². The van der Waals surface area contributed by atoms with Crippen LogP contribution in [-0.2, 0) is 9.53 Å². The van der Waals surface area contributed by atoms with Crippen molar-refractivity contribution in [3.05, 3.63) is 69.3 Å². The van der Waals surface area contributed by atoms with Crippen molar-refractivity contribution in [1.82, 2.24) is 20.0 Å². The maximum Gasteiger partial charge on any atom is 0.338 e. The molecular weight excluding hydrogens is 483 g/mol. The van der Waals surface area contributed by atoms with Crippen LogP contribution in [-0.4, -0.2) is 78.0 Å². The van der Waals surface area contributed by atoms with Gasteiger partial charge in [-0.2, -0.15) is 0 Å². The molecule has 36 heavy (non-hydrogen) atoms. The highest BCUT2D eigenvalue weighted by Gasteiger charge is 2.39. The molecule has 4 rings (SSSR count). The number of nitrogens with one attached hydrogen (secondary N) is 1. The number of benzene rings is 1. The molecule has 3 heterocycles. The van der Waals surface area contributed by atoms with E-state index in [1.807, 2.05) is 36.3 Å². The Bertz CT molecular complexity index is 1150. The monoisotopic (exact) mass is 514 g/mol. The molecule has 1 aromatic carbocycles. The molecule has 2 aliphatic rings. The zero-order valence-corrected chi connectivity index (χ0v) is 21.5. The van der Waals surface area contributed by atoms with Crippen LogP contribution in [0.5, 0.6) is 0 Å². The van der Waals surface area contributed by atoms with Crippen molar-refractivity contribution in [2.75, 3.05) is 39.3 Å². The molecule has 0 aliphatic carbocycles. The van der Waals surface area contributed by atoms with E-state index < -0.39 is 17.8 Å². The fourth-order valence-corrected chi connectivity index (χ4v) is 5.50. The third kappa shape index (κ3) is 5.29. The van der Waals surface area contributed by atoms with Gasteiger partial charge >= 0.3 is 12.0 Å². The third-order valence-electron chi connectivity index (χ3n) is 6.51. The molecule has 8 nitrogen and oxygen atoms in total. The highest BCUT2D eigenvalue weighted by molar-refractivity contribution is 7.12. The molecule has 0 spiro atoms. The minimum atomic E-state index is -0.829. The maximum absolute atomic E-state index is 14.1. The van der Waals surface area contributed by atoms with Crippen LogP contribution in [0.2, 0.25) is 0 Å². The summed E-state index contributed by atoms with van der Waals surface area (Å²) in [5.41, 5.74) is 1.31. The second-order valence-electron chi connectivity index (χ2n) is 8.82. The Morgan fingerprint density at radius 1 is 1.19 bits per heavy atom. The van der Waals surface area contributed by atoms with Crippen molar-refractivity contribution in [3.8, 4) is 0 Å². The van der Waals surface area contributed by atoms with Gasteiger partial charge in [0, 0.05) is 44.5 Å². The number of urea groups is 1. The van der Waals surface area contributed by atoms with Crippen LogP contribution in [0, 0.1) is 5.82 Å². The lowest BCUT2D eigenvalue weighted by Gasteiger charge is -2.42. The largest absolute Gasteiger partial charge is 0.463 e. The van der Waals surface area contributed by atoms with Gasteiger partial charge < -0.3 is 15.0 Å². The summed E-state index contributed by atoms with van der Waals surface area (Å²) >= 11 is 1.43. The lowest BCUT2D eigenvalue weighted by molar-refractivity contribution is -0.139. The van der Waals surface area contributed by atoms with Crippen LogP contribution < -0.4 is 5.32 Å². The standard InChI is InChI=1S/C26H31FN4O4S/c1-4-30-20(16-29-11-12-31(17(3)15-29)24(32)21-10-7-13-36-21)22(25(33)35-5-2)23(28-26(30)34)18-8-6-9-19(27)14-18/h6-10,13-14,17,23H,4-5,11-12,15-16H2,1-3H3,(H,28,34)/t17-,23-/m0/s1. The predicted molar refractivity (Wildman–Crippen MR) is 135 cm³/mol. The van der Waals surface area contributed by atoms with Gasteiger partial charge in [-0.05, 0) is 49.9 Å². The van der Waals surface area contributed by atoms with Crippen molar-refractivity contribution >= 4 is 29.2 Å². The molecule has 1 N–H and O–H groups in total. The molecule has 2 atom stereocenters. The fourth-order valence-electron chi connectivity index (χ4n) is 4.83. The number of amides is 3. The number of halogens is 1. The molecule has 2 aromatic rings. The van der Waals surface area contributed by atoms with Crippen molar-refractivity contribution in [3.63, 3.8) is 0 Å². The van der Waals surface area contributed by atoms with Crippen molar-refractivity contribution < 1.29 is 23.5 Å². The summed E-state index contributed by atoms with van der Waals surface area (Å²) < 4.78 is 19.4. The number of likely N-dealkylation sites (N-methyl/N-ethyl adjacent to an activating group) is 1. The van der Waals surface area contributed by atoms with Gasteiger partial charge in [-0.25, -0.2) is 14.0 Å². The van der Waals surface area contributed by atoms with Crippen LogP contribution in [0.4, 0.5) is 9.18 Å². The highest BCUT2D eigenvalue weighted by Crippen LogP contribution is 2.32. The number of ether oxygens (including phenoxy) is 1. The molecule has 192 valence electrons. The van der Waals surface area contributed by atoms with E-state index in [1.165, 1.54) is 28.4 Å². The Labute approximate surface area is 214 Å². The molecule has 0 saturated carbocycles. The fraction of sp³-hybridized carbons (Fsp3) is 0.423. The van der Waals surface area contributed by atoms with Crippen LogP contribution in [0.15, 0.2) is 53.0 Å². The van der Waals surface area contributed by atoms with Crippen LogP contribution >= 0.6 is 11.3 Å². The van der Waals surface area contributed by atoms with Crippen LogP contribution in [0.3, 0.4) is 0 Å². The first-order valence-electron chi connectivity index (χ1n) is 12.1. The van der Waals surface area contributed by atoms with E-state index in [0.717, 1.165) is 0 Å². The number of esters is 1. The third-order valence-corrected chi connectivity index (χ3v) is 7.37. The molecule has 0 radical (unpaired) electrons. The zero-order valence-electron chi connectivity index (χ0n) is 20.7. The quantitative estimate of drug-likeness (QED) is 0.571. The van der Waals surface area contributed by atoms with Gasteiger partial charge in [0.1, 0.15) is 5.82 Å². The number of piperazine rings is 1. The van der Waals surface area contributed by atoms with E-state index >= 15 is 0 Å². The van der Waals surface area contributed by atoms with Gasteiger partial charge in [0.15, 0.2) is 0 Å². The number of rotatable bonds is 7. The number of carbonyl (C=O) groups excluding carboxylic acids is 3. The van der Waals surface area contributed by atoms with Crippen LogP contribution in [0.25, 0.3) is 0 Å². The number of hydrogen-bond acceptors (Lipinski definition) is 6. The van der Waals surface area contributed by atoms with E-state index in [-0.39, 0.29) is 24.6 Å². The SMILES string of the molecule is CCOC(=O)C1=C(CN2CCN(C(=O)c3cccs3)[C@@H](C)C2)N(CC)C(=O)N[C@H]1c1cccc(F)c1. The van der Waals surface area contributed by atoms with E-state index in [2.05, 4.69) is 10.2 Å². The molecule has 2 aliphatic heterocycles. The van der Waals surface area contributed by atoms with Gasteiger partial charge in [-0.3, -0.25) is 14.6 Å². The summed E-state index contributed by atoms with van der Waals surface area (Å²) in [4.78, 5) is 45.4. The Balaban J connectivity index is 1.64. The Morgan fingerprint density at radius 3 is 2.64 bits per heavy atom. The van der Waals surface area contributed by atoms with Crippen LogP contribution in [0.1, 0.15) is 42.0 Å². The first-order chi connectivity index (χ1) is 17.3. The van der Waals surface area contributed by atoms with Gasteiger partial charge in [0.05, 0.1) is 23.1 Å². The summed E-state index contributed by atoms with van der Waals surface area (Å²) in [6.07, 6.45) is 0. The molecule has 1 saturated heterocycles. The average molecular weight is 515 g/mol. The summed E-state index contributed by atoms with van der Waals surface area (Å²) in [6.45, 7) is 8.12. The van der Waals surface area contributed by atoms with Crippen molar-refractivity contribution in [2.24, 2.45) is 0 Å². The molecular formula is C26H31FN4O4S. The lowest BCUT2D eigenvalue weighted by atomic mass is 9.94. The first kappa shape index (κ1) is 25.8. The number of nitrogens with zero attached hydrogens (tertiary/aromatic N) is 3. The smallest absolute Gasteiger partial charge is 0.338 e. The molecule has 10 heteroatoms. The lowest BCUT2D eigenvalue weighted by Crippen LogP contribution is -2.56. The predicted octanol–water partition coefficient (Wildman–Crippen LogP) is 3.64. The highest BCUT2D eigenvalue weighted by atomic mass is 32.1. The zero-order chi connectivity index (χ0) is 25.8. The normalized spacial score (nSPS) is 20.9. The van der Waals surface area contributed by atoms with E-state index in [9.17, 15) is 18.8 Å². The molecule has 1 aromatic heterocycles. The number of carbonyl (C=O) groups is 3. The minimum Gasteiger partial charge on any atom is -0.463 e. The van der Waals surface area contributed by atoms with E-state index in [0.29, 0.717) is 54.4 Å². The summed E-state index contributed by atoms with van der Waals surface area (Å²) in [5.74, 6) is -0.980. The second kappa shape index (κ2) is 11.2. The topological polar surface area (TPSA) is 82.2 Å². The van der Waals surface area contributed by atoms with Gasteiger partial charge in [0.25, 0.3) is 5.91 Å². The Morgan fingerprint density at radius 2 is 2.00 bits per heavy atom. The second-order valence-corrected chi connectivity index (χ2v) is 9.77. The van der Waals surface area contributed by atoms with Gasteiger partial charge in [-0.1, -0.05) is 18.2 Å².